The average molecular weight is 141 g/mol. The van der Waals surface area contributed by atoms with Gasteiger partial charge in [0, 0.05) is 12.5 Å². The van der Waals surface area contributed by atoms with Crippen LogP contribution < -0.4 is 5.32 Å². The quantitative estimate of drug-likeness (QED) is 0.544. The molecule has 0 fully saturated rings. The molecule has 56 valence electrons. The number of carbonyl (C=O) groups excluding carboxylic acids is 2. The van der Waals surface area contributed by atoms with Crippen LogP contribution in [0.25, 0.3) is 0 Å². The van der Waals surface area contributed by atoms with E-state index in [1.54, 1.807) is 19.9 Å². The number of carbonyl (C=O) groups is 2. The molecule has 10 heavy (non-hydrogen) atoms. The van der Waals surface area contributed by atoms with Gasteiger partial charge in [0.1, 0.15) is 0 Å². The highest BCUT2D eigenvalue weighted by atomic mass is 16.2. The van der Waals surface area contributed by atoms with Crippen LogP contribution in [0.15, 0.2) is 11.6 Å². The summed E-state index contributed by atoms with van der Waals surface area (Å²) in [4.78, 5) is 21.1. The molecule has 0 saturated carbocycles. The van der Waals surface area contributed by atoms with E-state index < -0.39 is 0 Å². The highest BCUT2D eigenvalue weighted by Gasteiger charge is 2.02. The molecule has 0 bridgehead atoms. The van der Waals surface area contributed by atoms with Crippen molar-refractivity contribution < 1.29 is 9.59 Å². The molecule has 0 aliphatic carbocycles. The predicted octanol–water partition coefficient (Wildman–Crippen LogP) is 0.615. The van der Waals surface area contributed by atoms with Crippen molar-refractivity contribution in [1.29, 1.82) is 0 Å². The Morgan fingerprint density at radius 2 is 1.80 bits per heavy atom. The zero-order chi connectivity index (χ0) is 8.15. The molecular formula is C7H11NO2. The Bertz CT molecular complexity index is 182. The van der Waals surface area contributed by atoms with Gasteiger partial charge < -0.3 is 0 Å². The normalized spacial score (nSPS) is 10.9. The molecule has 0 aliphatic heterocycles. The maximum atomic E-state index is 10.8. The van der Waals surface area contributed by atoms with Gasteiger partial charge in [0.15, 0.2) is 0 Å². The molecule has 3 nitrogen and oxygen atoms in total. The monoisotopic (exact) mass is 141 g/mol. The van der Waals surface area contributed by atoms with Gasteiger partial charge in [0.2, 0.25) is 5.91 Å². The van der Waals surface area contributed by atoms with E-state index in [0.717, 1.165) is 0 Å². The van der Waals surface area contributed by atoms with E-state index in [1.807, 2.05) is 0 Å². The van der Waals surface area contributed by atoms with Gasteiger partial charge in [-0.3, -0.25) is 14.9 Å². The zero-order valence-electron chi connectivity index (χ0n) is 6.39. The molecule has 3 heteroatoms. The Hall–Kier alpha value is -1.12. The molecule has 0 aromatic rings. The number of amides is 2. The maximum Gasteiger partial charge on any atom is 0.253 e. The first-order valence-electron chi connectivity index (χ1n) is 3.02. The minimum atomic E-state index is -0.328. The largest absolute Gasteiger partial charge is 0.293 e. The Morgan fingerprint density at radius 1 is 1.30 bits per heavy atom. The van der Waals surface area contributed by atoms with Crippen molar-refractivity contribution >= 4 is 11.8 Å². The molecule has 0 atom stereocenters. The van der Waals surface area contributed by atoms with Crippen molar-refractivity contribution in [3.8, 4) is 0 Å². The van der Waals surface area contributed by atoms with Gasteiger partial charge in [-0.05, 0) is 13.8 Å². The summed E-state index contributed by atoms with van der Waals surface area (Å²) < 4.78 is 0. The van der Waals surface area contributed by atoms with Crippen LogP contribution in [0.4, 0.5) is 0 Å². The Morgan fingerprint density at radius 3 is 2.10 bits per heavy atom. The van der Waals surface area contributed by atoms with Crippen LogP contribution in [0.2, 0.25) is 0 Å². The lowest BCUT2D eigenvalue weighted by atomic mass is 10.3. The van der Waals surface area contributed by atoms with Crippen molar-refractivity contribution in [3.05, 3.63) is 11.6 Å². The molecular weight excluding hydrogens is 130 g/mol. The van der Waals surface area contributed by atoms with Crippen LogP contribution in [0, 0.1) is 0 Å². The van der Waals surface area contributed by atoms with Crippen LogP contribution in [-0.4, -0.2) is 11.8 Å². The highest BCUT2D eigenvalue weighted by Crippen LogP contribution is 1.89. The standard InChI is InChI=1S/C7H11NO2/c1-4-5(2)7(10)8-6(3)9/h4H,1-3H3,(H,8,9,10). The minimum absolute atomic E-state index is 0.324. The lowest BCUT2D eigenvalue weighted by Gasteiger charge is -1.97. The molecule has 0 radical (unpaired) electrons. The summed E-state index contributed by atoms with van der Waals surface area (Å²) in [5, 5.41) is 2.15. The maximum absolute atomic E-state index is 10.8. The number of nitrogens with one attached hydrogen (secondary N) is 1. The van der Waals surface area contributed by atoms with Crippen LogP contribution in [0.1, 0.15) is 20.8 Å². The van der Waals surface area contributed by atoms with E-state index in [9.17, 15) is 9.59 Å². The molecule has 0 aromatic carbocycles. The minimum Gasteiger partial charge on any atom is -0.293 e. The molecule has 0 aliphatic rings. The van der Waals surface area contributed by atoms with Gasteiger partial charge in [0.25, 0.3) is 5.91 Å². The summed E-state index contributed by atoms with van der Waals surface area (Å²) >= 11 is 0. The molecule has 1 N–H and O–H groups in total. The van der Waals surface area contributed by atoms with E-state index in [2.05, 4.69) is 5.32 Å². The fraction of sp³-hybridized carbons (Fsp3) is 0.429. The topological polar surface area (TPSA) is 46.2 Å². The fourth-order valence-electron chi connectivity index (χ4n) is 0.390. The third kappa shape index (κ3) is 3.02. The molecule has 0 rings (SSSR count). The summed E-state index contributed by atoms with van der Waals surface area (Å²) in [7, 11) is 0. The summed E-state index contributed by atoms with van der Waals surface area (Å²) in [6.07, 6.45) is 1.65. The third-order valence-corrected chi connectivity index (χ3v) is 1.08. The smallest absolute Gasteiger partial charge is 0.253 e. The number of allylic oxidation sites excluding steroid dienone is 1. The first-order valence-corrected chi connectivity index (χ1v) is 3.02. The molecule has 2 amide bonds. The molecule has 0 heterocycles. The number of imide groups is 1. The first-order chi connectivity index (χ1) is 4.57. The fourth-order valence-corrected chi connectivity index (χ4v) is 0.390. The van der Waals surface area contributed by atoms with E-state index in [1.165, 1.54) is 6.92 Å². The Kier molecular flexibility index (Phi) is 3.39. The molecule has 0 spiro atoms. The SMILES string of the molecule is CC=C(C)C(=O)NC(C)=O. The molecule has 0 unspecified atom stereocenters. The Balaban J connectivity index is 3.99. The lowest BCUT2D eigenvalue weighted by Crippen LogP contribution is -2.28. The van der Waals surface area contributed by atoms with Crippen molar-refractivity contribution in [2.45, 2.75) is 20.8 Å². The van der Waals surface area contributed by atoms with Gasteiger partial charge in [-0.25, -0.2) is 0 Å². The lowest BCUT2D eigenvalue weighted by molar-refractivity contribution is -0.127. The second kappa shape index (κ2) is 3.82. The second-order valence-electron chi connectivity index (χ2n) is 1.98. The van der Waals surface area contributed by atoms with Crippen LogP contribution in [-0.2, 0) is 9.59 Å². The number of rotatable bonds is 1. The summed E-state index contributed by atoms with van der Waals surface area (Å²) in [6.45, 7) is 4.70. The second-order valence-corrected chi connectivity index (χ2v) is 1.98. The van der Waals surface area contributed by atoms with Gasteiger partial charge in [-0.2, -0.15) is 0 Å². The van der Waals surface area contributed by atoms with Crippen molar-refractivity contribution in [2.24, 2.45) is 0 Å². The Labute approximate surface area is 60.1 Å². The van der Waals surface area contributed by atoms with E-state index in [0.29, 0.717) is 5.57 Å². The van der Waals surface area contributed by atoms with Gasteiger partial charge in [0.05, 0.1) is 0 Å². The number of hydrogen-bond acceptors (Lipinski definition) is 2. The summed E-state index contributed by atoms with van der Waals surface area (Å²) in [5.74, 6) is -0.652. The molecule has 0 saturated heterocycles. The van der Waals surface area contributed by atoms with Crippen molar-refractivity contribution in [2.75, 3.05) is 0 Å². The van der Waals surface area contributed by atoms with Crippen LogP contribution >= 0.6 is 0 Å². The van der Waals surface area contributed by atoms with Gasteiger partial charge in [-0.15, -0.1) is 0 Å². The van der Waals surface area contributed by atoms with E-state index in [-0.39, 0.29) is 11.8 Å². The third-order valence-electron chi connectivity index (χ3n) is 1.08. The van der Waals surface area contributed by atoms with E-state index in [4.69, 9.17) is 0 Å². The van der Waals surface area contributed by atoms with Crippen molar-refractivity contribution in [3.63, 3.8) is 0 Å². The van der Waals surface area contributed by atoms with Crippen LogP contribution in [0.3, 0.4) is 0 Å². The highest BCUT2D eigenvalue weighted by molar-refractivity contribution is 6.03. The van der Waals surface area contributed by atoms with Gasteiger partial charge >= 0.3 is 0 Å². The zero-order valence-corrected chi connectivity index (χ0v) is 6.39. The van der Waals surface area contributed by atoms with E-state index >= 15 is 0 Å². The van der Waals surface area contributed by atoms with Crippen molar-refractivity contribution in [1.82, 2.24) is 5.32 Å². The number of hydrogen-bond donors (Lipinski definition) is 1. The van der Waals surface area contributed by atoms with Gasteiger partial charge in [-0.1, -0.05) is 6.08 Å². The summed E-state index contributed by atoms with van der Waals surface area (Å²) in [6, 6.07) is 0. The average Bonchev–Trinajstić information content (AvgIpc) is 1.85. The molecule has 0 aromatic heterocycles. The first kappa shape index (κ1) is 8.88. The predicted molar refractivity (Wildman–Crippen MR) is 38.3 cm³/mol. The summed E-state index contributed by atoms with van der Waals surface area (Å²) in [5.41, 5.74) is 0.551. The van der Waals surface area contributed by atoms with Crippen LogP contribution in [0.5, 0.6) is 0 Å².